The molecule has 1 unspecified atom stereocenters. The van der Waals surface area contributed by atoms with Gasteiger partial charge < -0.3 is 18.6 Å². The van der Waals surface area contributed by atoms with Crippen LogP contribution in [0.4, 0.5) is 5.69 Å². The van der Waals surface area contributed by atoms with Crippen molar-refractivity contribution in [2.24, 2.45) is 0 Å². The van der Waals surface area contributed by atoms with Gasteiger partial charge in [-0.15, -0.1) is 10.2 Å². The number of thioether (sulfide) groups is 1. The summed E-state index contributed by atoms with van der Waals surface area (Å²) in [7, 11) is -1.80. The molecule has 0 spiro atoms. The lowest BCUT2D eigenvalue weighted by Crippen LogP contribution is -2.45. The molecule has 182 valence electrons. The lowest BCUT2D eigenvalue weighted by Gasteiger charge is -2.39. The van der Waals surface area contributed by atoms with Crippen molar-refractivity contribution in [1.82, 2.24) is 14.8 Å². The maximum atomic E-state index is 6.76. The van der Waals surface area contributed by atoms with Crippen molar-refractivity contribution in [2.45, 2.75) is 63.5 Å². The quantitative estimate of drug-likeness (QED) is 0.497. The van der Waals surface area contributed by atoms with Gasteiger partial charge in [-0.25, -0.2) is 0 Å². The van der Waals surface area contributed by atoms with E-state index in [1.807, 2.05) is 17.8 Å². The predicted molar refractivity (Wildman–Crippen MR) is 141 cm³/mol. The summed E-state index contributed by atoms with van der Waals surface area (Å²) in [5.74, 6) is 2.88. The van der Waals surface area contributed by atoms with Gasteiger partial charge in [0.1, 0.15) is 5.82 Å². The zero-order valence-corrected chi connectivity index (χ0v) is 23.4. The second kappa shape index (κ2) is 9.53. The van der Waals surface area contributed by atoms with Crippen LogP contribution in [0.5, 0.6) is 0 Å². The lowest BCUT2D eigenvalue weighted by atomic mass is 10.1. The Hall–Kier alpha value is -1.06. The summed E-state index contributed by atoms with van der Waals surface area (Å²) in [4.78, 5) is 2.31. The van der Waals surface area contributed by atoms with Gasteiger partial charge in [0.15, 0.2) is 14.1 Å². The van der Waals surface area contributed by atoms with Gasteiger partial charge in [-0.3, -0.25) is 0 Å². The third kappa shape index (κ3) is 5.45. The number of halogens is 1. The predicted octanol–water partition coefficient (Wildman–Crippen LogP) is 5.50. The van der Waals surface area contributed by atoms with Crippen molar-refractivity contribution in [3.8, 4) is 11.4 Å². The molecular formula is C24H37ClN4O2SSi. The summed E-state index contributed by atoms with van der Waals surface area (Å²) in [6.45, 7) is 18.7. The maximum Gasteiger partial charge on any atom is 0.192 e. The SMILES string of the molecule is CC1(CO[Si](C)(C)C(C)(C)C)Cc2nnc(-c3ccc(N4CCOCC4)cc3Cl)n2CCS1. The van der Waals surface area contributed by atoms with Gasteiger partial charge in [0.05, 0.1) is 18.2 Å². The summed E-state index contributed by atoms with van der Waals surface area (Å²) < 4.78 is 14.3. The number of benzene rings is 1. The van der Waals surface area contributed by atoms with E-state index in [4.69, 9.17) is 20.8 Å². The Morgan fingerprint density at radius 2 is 1.91 bits per heavy atom. The van der Waals surface area contributed by atoms with Crippen LogP contribution in [-0.4, -0.2) is 66.5 Å². The number of aromatic nitrogens is 3. The molecule has 0 aliphatic carbocycles. The Bertz CT molecular complexity index is 987. The summed E-state index contributed by atoms with van der Waals surface area (Å²) in [5.41, 5.74) is 2.08. The van der Waals surface area contributed by atoms with E-state index in [9.17, 15) is 0 Å². The Kier molecular flexibility index (Phi) is 7.23. The molecule has 2 aliphatic rings. The molecule has 0 amide bonds. The van der Waals surface area contributed by atoms with E-state index in [1.165, 1.54) is 0 Å². The van der Waals surface area contributed by atoms with E-state index >= 15 is 0 Å². The number of rotatable bonds is 5. The topological polar surface area (TPSA) is 52.4 Å². The van der Waals surface area contributed by atoms with E-state index in [1.54, 1.807) is 0 Å². The number of ether oxygens (including phenoxy) is 1. The standard InChI is InChI=1S/C24H37ClN4O2SSi/c1-23(2,3)33(5,6)31-17-24(4)16-21-26-27-22(29(21)11-14-32-24)19-8-7-18(15-20(19)25)28-9-12-30-13-10-28/h7-8,15H,9-14,16-17H2,1-6H3. The highest BCUT2D eigenvalue weighted by Gasteiger charge is 2.40. The van der Waals surface area contributed by atoms with E-state index in [2.05, 4.69) is 72.6 Å². The number of hydrogen-bond acceptors (Lipinski definition) is 6. The number of anilines is 1. The molecular weight excluding hydrogens is 472 g/mol. The number of nitrogens with zero attached hydrogens (tertiary/aromatic N) is 4. The van der Waals surface area contributed by atoms with Crippen LogP contribution in [0.2, 0.25) is 23.2 Å². The smallest absolute Gasteiger partial charge is 0.192 e. The lowest BCUT2D eigenvalue weighted by molar-refractivity contribution is 0.122. The van der Waals surface area contributed by atoms with Crippen molar-refractivity contribution in [3.05, 3.63) is 29.0 Å². The molecule has 2 aromatic rings. The maximum absolute atomic E-state index is 6.76. The first kappa shape index (κ1) is 25.0. The molecule has 4 rings (SSSR count). The van der Waals surface area contributed by atoms with Crippen LogP contribution >= 0.6 is 23.4 Å². The molecule has 0 bridgehead atoms. The van der Waals surface area contributed by atoms with Gasteiger partial charge in [-0.1, -0.05) is 32.4 Å². The highest BCUT2D eigenvalue weighted by Crippen LogP contribution is 2.40. The number of fused-ring (bicyclic) bond motifs is 1. The minimum atomic E-state index is -1.80. The molecule has 1 atom stereocenters. The highest BCUT2D eigenvalue weighted by molar-refractivity contribution is 8.00. The first-order valence-corrected chi connectivity index (χ1v) is 16.1. The molecule has 33 heavy (non-hydrogen) atoms. The Labute approximate surface area is 208 Å². The van der Waals surface area contributed by atoms with E-state index in [-0.39, 0.29) is 9.79 Å². The summed E-state index contributed by atoms with van der Waals surface area (Å²) in [5, 5.41) is 10.1. The summed E-state index contributed by atoms with van der Waals surface area (Å²) in [6, 6.07) is 6.27. The van der Waals surface area contributed by atoms with Crippen molar-refractivity contribution >= 4 is 37.4 Å². The van der Waals surface area contributed by atoms with Crippen LogP contribution in [0.3, 0.4) is 0 Å². The molecule has 0 saturated carbocycles. The fourth-order valence-electron chi connectivity index (χ4n) is 4.02. The Morgan fingerprint density at radius 1 is 1.18 bits per heavy atom. The van der Waals surface area contributed by atoms with Crippen LogP contribution in [0.25, 0.3) is 11.4 Å². The molecule has 1 aromatic carbocycles. The van der Waals surface area contributed by atoms with E-state index in [0.29, 0.717) is 0 Å². The van der Waals surface area contributed by atoms with Gasteiger partial charge in [-0.05, 0) is 43.3 Å². The van der Waals surface area contributed by atoms with Gasteiger partial charge in [0, 0.05) is 54.4 Å². The third-order valence-corrected chi connectivity index (χ3v) is 13.4. The normalized spacial score (nSPS) is 22.2. The average Bonchev–Trinajstić information content (AvgIpc) is 3.05. The summed E-state index contributed by atoms with van der Waals surface area (Å²) in [6.07, 6.45) is 0.836. The van der Waals surface area contributed by atoms with Crippen molar-refractivity contribution in [3.63, 3.8) is 0 Å². The molecule has 1 aromatic heterocycles. The molecule has 2 aliphatic heterocycles. The molecule has 6 nitrogen and oxygen atoms in total. The van der Waals surface area contributed by atoms with Crippen LogP contribution in [0.15, 0.2) is 18.2 Å². The molecule has 9 heteroatoms. The average molecular weight is 509 g/mol. The van der Waals surface area contributed by atoms with Crippen LogP contribution in [0.1, 0.15) is 33.5 Å². The zero-order chi connectivity index (χ0) is 23.9. The zero-order valence-electron chi connectivity index (χ0n) is 20.8. The fraction of sp³-hybridized carbons (Fsp3) is 0.667. The van der Waals surface area contributed by atoms with Gasteiger partial charge >= 0.3 is 0 Å². The second-order valence-electron chi connectivity index (χ2n) is 10.9. The van der Waals surface area contributed by atoms with Gasteiger partial charge in [0.25, 0.3) is 0 Å². The highest BCUT2D eigenvalue weighted by atomic mass is 35.5. The van der Waals surface area contributed by atoms with E-state index < -0.39 is 8.32 Å². The Morgan fingerprint density at radius 3 is 2.58 bits per heavy atom. The third-order valence-electron chi connectivity index (χ3n) is 7.24. The van der Waals surface area contributed by atoms with E-state index in [0.717, 1.165) is 79.6 Å². The van der Waals surface area contributed by atoms with Crippen molar-refractivity contribution < 1.29 is 9.16 Å². The molecule has 0 N–H and O–H groups in total. The van der Waals surface area contributed by atoms with Crippen LogP contribution in [-0.2, 0) is 22.1 Å². The fourth-order valence-corrected chi connectivity index (χ4v) is 6.63. The molecule has 1 fully saturated rings. The second-order valence-corrected chi connectivity index (χ2v) is 17.8. The molecule has 1 saturated heterocycles. The van der Waals surface area contributed by atoms with Crippen molar-refractivity contribution in [2.75, 3.05) is 43.6 Å². The number of morpholine rings is 1. The van der Waals surface area contributed by atoms with Gasteiger partial charge in [0.2, 0.25) is 0 Å². The largest absolute Gasteiger partial charge is 0.415 e. The summed E-state index contributed by atoms with van der Waals surface area (Å²) >= 11 is 8.75. The van der Waals surface area contributed by atoms with Gasteiger partial charge in [-0.2, -0.15) is 11.8 Å². The number of hydrogen-bond donors (Lipinski definition) is 0. The first-order chi connectivity index (χ1) is 15.5. The molecule has 0 radical (unpaired) electrons. The minimum Gasteiger partial charge on any atom is -0.415 e. The van der Waals surface area contributed by atoms with Crippen molar-refractivity contribution in [1.29, 1.82) is 0 Å². The molecule has 3 heterocycles. The first-order valence-electron chi connectivity index (χ1n) is 11.8. The van der Waals surface area contributed by atoms with Crippen LogP contribution < -0.4 is 4.90 Å². The van der Waals surface area contributed by atoms with Crippen LogP contribution in [0, 0.1) is 0 Å². The Balaban J connectivity index is 1.53. The monoisotopic (exact) mass is 508 g/mol. The minimum absolute atomic E-state index is 0.0158.